The summed E-state index contributed by atoms with van der Waals surface area (Å²) in [6.07, 6.45) is 0. The molecule has 0 heterocycles. The molecule has 0 unspecified atom stereocenters. The lowest BCUT2D eigenvalue weighted by Gasteiger charge is -2.17. The van der Waals surface area contributed by atoms with Gasteiger partial charge in [-0.05, 0) is 42.7 Å². The molecule has 0 aliphatic carbocycles. The summed E-state index contributed by atoms with van der Waals surface area (Å²) in [6, 6.07) is 15.2. The van der Waals surface area contributed by atoms with Crippen molar-refractivity contribution in [2.45, 2.75) is 32.7 Å². The minimum Gasteiger partial charge on any atom is -0.495 e. The van der Waals surface area contributed by atoms with Gasteiger partial charge in [0.25, 0.3) is 0 Å². The molecular formula is C19H24N2O2. The molecule has 0 radical (unpaired) electrons. The lowest BCUT2D eigenvalue weighted by molar-refractivity contribution is -0.116. The van der Waals surface area contributed by atoms with E-state index < -0.39 is 0 Å². The zero-order valence-corrected chi connectivity index (χ0v) is 14.1. The normalized spacial score (nSPS) is 11.9. The molecule has 1 atom stereocenters. The van der Waals surface area contributed by atoms with Crippen molar-refractivity contribution >= 4 is 17.3 Å². The largest absolute Gasteiger partial charge is 0.495 e. The highest BCUT2D eigenvalue weighted by Crippen LogP contribution is 2.23. The highest BCUT2D eigenvalue weighted by Gasteiger charge is 2.15. The van der Waals surface area contributed by atoms with E-state index in [9.17, 15) is 4.79 Å². The molecule has 2 rings (SSSR count). The van der Waals surface area contributed by atoms with Gasteiger partial charge in [-0.15, -0.1) is 0 Å². The van der Waals surface area contributed by atoms with Gasteiger partial charge in [-0.1, -0.05) is 38.1 Å². The van der Waals surface area contributed by atoms with E-state index in [1.165, 1.54) is 5.56 Å². The molecule has 0 saturated heterocycles. The van der Waals surface area contributed by atoms with Gasteiger partial charge in [-0.25, -0.2) is 0 Å². The summed E-state index contributed by atoms with van der Waals surface area (Å²) in [6.45, 7) is 6.14. The molecule has 0 saturated carbocycles. The first-order chi connectivity index (χ1) is 11.0. The third-order valence-corrected chi connectivity index (χ3v) is 3.69. The highest BCUT2D eigenvalue weighted by atomic mass is 16.5. The summed E-state index contributed by atoms with van der Waals surface area (Å²) in [5.41, 5.74) is 2.86. The van der Waals surface area contributed by atoms with Crippen molar-refractivity contribution in [1.82, 2.24) is 0 Å². The Kier molecular flexibility index (Phi) is 5.63. The van der Waals surface area contributed by atoms with E-state index in [1.807, 2.05) is 43.3 Å². The van der Waals surface area contributed by atoms with E-state index >= 15 is 0 Å². The average Bonchev–Trinajstić information content (AvgIpc) is 2.55. The maximum atomic E-state index is 12.4. The molecule has 2 N–H and O–H groups in total. The van der Waals surface area contributed by atoms with Crippen molar-refractivity contribution in [3.05, 3.63) is 54.1 Å². The van der Waals surface area contributed by atoms with Crippen molar-refractivity contribution in [2.24, 2.45) is 0 Å². The second-order valence-corrected chi connectivity index (χ2v) is 5.84. The number of para-hydroxylation sites is 2. The zero-order valence-electron chi connectivity index (χ0n) is 14.1. The Morgan fingerprint density at radius 1 is 1.04 bits per heavy atom. The van der Waals surface area contributed by atoms with Crippen molar-refractivity contribution in [2.75, 3.05) is 17.7 Å². The molecule has 0 bridgehead atoms. The number of hydrogen-bond acceptors (Lipinski definition) is 3. The lowest BCUT2D eigenvalue weighted by Crippen LogP contribution is -2.32. The van der Waals surface area contributed by atoms with Crippen molar-refractivity contribution in [3.8, 4) is 5.75 Å². The minimum absolute atomic E-state index is 0.107. The molecule has 4 heteroatoms. The van der Waals surface area contributed by atoms with Crippen LogP contribution < -0.4 is 15.4 Å². The van der Waals surface area contributed by atoms with Gasteiger partial charge in [-0.3, -0.25) is 4.79 Å². The van der Waals surface area contributed by atoms with Gasteiger partial charge in [-0.2, -0.15) is 0 Å². The second kappa shape index (κ2) is 7.68. The van der Waals surface area contributed by atoms with E-state index in [0.717, 1.165) is 5.69 Å². The second-order valence-electron chi connectivity index (χ2n) is 5.84. The molecule has 0 aliphatic heterocycles. The molecule has 23 heavy (non-hydrogen) atoms. The van der Waals surface area contributed by atoms with Crippen LogP contribution in [0.1, 0.15) is 32.3 Å². The molecule has 0 fully saturated rings. The van der Waals surface area contributed by atoms with E-state index in [1.54, 1.807) is 7.11 Å². The number of rotatable bonds is 6. The topological polar surface area (TPSA) is 50.4 Å². The zero-order chi connectivity index (χ0) is 16.8. The molecule has 2 aromatic carbocycles. The number of benzene rings is 2. The van der Waals surface area contributed by atoms with Crippen LogP contribution in [0.15, 0.2) is 48.5 Å². The van der Waals surface area contributed by atoms with Gasteiger partial charge in [0.15, 0.2) is 0 Å². The van der Waals surface area contributed by atoms with Crippen LogP contribution in [0.3, 0.4) is 0 Å². The van der Waals surface area contributed by atoms with Gasteiger partial charge >= 0.3 is 0 Å². The number of carbonyl (C=O) groups is 1. The summed E-state index contributed by atoms with van der Waals surface area (Å²) < 4.78 is 5.25. The molecular weight excluding hydrogens is 288 g/mol. The third kappa shape index (κ3) is 4.49. The smallest absolute Gasteiger partial charge is 0.246 e. The predicted molar refractivity (Wildman–Crippen MR) is 95.2 cm³/mol. The van der Waals surface area contributed by atoms with Crippen LogP contribution in [0.25, 0.3) is 0 Å². The van der Waals surface area contributed by atoms with E-state index in [-0.39, 0.29) is 11.9 Å². The Morgan fingerprint density at radius 3 is 2.48 bits per heavy atom. The summed E-state index contributed by atoms with van der Waals surface area (Å²) in [4.78, 5) is 12.4. The van der Waals surface area contributed by atoms with Crippen LogP contribution in [0, 0.1) is 0 Å². The number of hydrogen-bond donors (Lipinski definition) is 2. The number of carbonyl (C=O) groups excluding carboxylic acids is 1. The number of amides is 1. The Bertz CT molecular complexity index is 668. The first-order valence-corrected chi connectivity index (χ1v) is 7.81. The van der Waals surface area contributed by atoms with Crippen LogP contribution >= 0.6 is 0 Å². The molecule has 0 spiro atoms. The first-order valence-electron chi connectivity index (χ1n) is 7.81. The summed E-state index contributed by atoms with van der Waals surface area (Å²) in [7, 11) is 1.59. The number of methoxy groups -OCH3 is 1. The van der Waals surface area contributed by atoms with Gasteiger partial charge < -0.3 is 15.4 Å². The lowest BCUT2D eigenvalue weighted by atomic mass is 10.0. The Labute approximate surface area is 137 Å². The third-order valence-electron chi connectivity index (χ3n) is 3.69. The van der Waals surface area contributed by atoms with Gasteiger partial charge in [0, 0.05) is 5.69 Å². The highest BCUT2D eigenvalue weighted by molar-refractivity contribution is 5.97. The maximum absolute atomic E-state index is 12.4. The van der Waals surface area contributed by atoms with Gasteiger partial charge in [0.2, 0.25) is 5.91 Å². The summed E-state index contributed by atoms with van der Waals surface area (Å²) in [5, 5.41) is 6.13. The van der Waals surface area contributed by atoms with Crippen LogP contribution in [-0.2, 0) is 4.79 Å². The van der Waals surface area contributed by atoms with Crippen LogP contribution in [0.2, 0.25) is 0 Å². The predicted octanol–water partition coefficient (Wildman–Crippen LogP) is 4.26. The monoisotopic (exact) mass is 312 g/mol. The van der Waals surface area contributed by atoms with Crippen LogP contribution in [-0.4, -0.2) is 19.1 Å². The van der Waals surface area contributed by atoms with Crippen LogP contribution in [0.5, 0.6) is 5.75 Å². The quantitative estimate of drug-likeness (QED) is 0.838. The fourth-order valence-corrected chi connectivity index (χ4v) is 2.29. The Hall–Kier alpha value is -2.49. The molecule has 4 nitrogen and oxygen atoms in total. The van der Waals surface area contributed by atoms with E-state index in [2.05, 4.69) is 36.6 Å². The number of anilines is 2. The molecule has 2 aromatic rings. The molecule has 1 amide bonds. The van der Waals surface area contributed by atoms with Crippen LogP contribution in [0.4, 0.5) is 11.4 Å². The van der Waals surface area contributed by atoms with Gasteiger partial charge in [0.1, 0.15) is 11.8 Å². The summed E-state index contributed by atoms with van der Waals surface area (Å²) >= 11 is 0. The SMILES string of the molecule is COc1ccccc1NC(=O)[C@@H](C)Nc1cccc(C(C)C)c1. The molecule has 122 valence electrons. The standard InChI is InChI=1S/C19H24N2O2/c1-13(2)15-8-7-9-16(12-15)20-14(3)19(22)21-17-10-5-6-11-18(17)23-4/h5-14,20H,1-4H3,(H,21,22)/t14-/m1/s1. The number of nitrogens with one attached hydrogen (secondary N) is 2. The number of ether oxygens (including phenoxy) is 1. The first kappa shape index (κ1) is 16.9. The van der Waals surface area contributed by atoms with Crippen molar-refractivity contribution < 1.29 is 9.53 Å². The Morgan fingerprint density at radius 2 is 1.78 bits per heavy atom. The van der Waals surface area contributed by atoms with Gasteiger partial charge in [0.05, 0.1) is 12.8 Å². The van der Waals surface area contributed by atoms with Crippen molar-refractivity contribution in [1.29, 1.82) is 0 Å². The average molecular weight is 312 g/mol. The fraction of sp³-hybridized carbons (Fsp3) is 0.316. The van der Waals surface area contributed by atoms with E-state index in [4.69, 9.17) is 4.74 Å². The molecule has 0 aromatic heterocycles. The van der Waals surface area contributed by atoms with Crippen molar-refractivity contribution in [3.63, 3.8) is 0 Å². The fourth-order valence-electron chi connectivity index (χ4n) is 2.29. The maximum Gasteiger partial charge on any atom is 0.246 e. The molecule has 0 aliphatic rings. The Balaban J connectivity index is 2.04. The summed E-state index contributed by atoms with van der Waals surface area (Å²) in [5.74, 6) is 0.994. The van der Waals surface area contributed by atoms with E-state index in [0.29, 0.717) is 17.4 Å². The minimum atomic E-state index is -0.359.